The van der Waals surface area contributed by atoms with Crippen LogP contribution >= 0.6 is 0 Å². The van der Waals surface area contributed by atoms with E-state index in [0.717, 1.165) is 11.8 Å². The Labute approximate surface area is 75.1 Å². The molecule has 3 aliphatic rings. The van der Waals surface area contributed by atoms with Gasteiger partial charge in [-0.3, -0.25) is 0 Å². The maximum atomic E-state index is 3.38. The van der Waals surface area contributed by atoms with Gasteiger partial charge in [-0.05, 0) is 63.7 Å². The van der Waals surface area contributed by atoms with Crippen LogP contribution < -0.4 is 10.6 Å². The number of hydrogen-bond acceptors (Lipinski definition) is 2. The third-order valence-corrected chi connectivity index (χ3v) is 3.35. The Balaban J connectivity index is 0.000000100. The number of nitrogens with one attached hydrogen (secondary N) is 2. The Bertz CT molecular complexity index is 114. The van der Waals surface area contributed by atoms with Gasteiger partial charge in [0, 0.05) is 0 Å². The molecule has 3 rings (SSSR count). The Hall–Kier alpha value is -0.0800. The summed E-state index contributed by atoms with van der Waals surface area (Å²) in [6.45, 7) is 5.12. The lowest BCUT2D eigenvalue weighted by molar-refractivity contribution is 0.243. The Morgan fingerprint density at radius 2 is 1.33 bits per heavy atom. The summed E-state index contributed by atoms with van der Waals surface area (Å²) in [7, 11) is 0. The fourth-order valence-electron chi connectivity index (χ4n) is 2.25. The van der Waals surface area contributed by atoms with Crippen LogP contribution in [0.15, 0.2) is 0 Å². The molecular formula is C10H20N2. The molecule has 0 aromatic heterocycles. The molecule has 2 unspecified atom stereocenters. The quantitative estimate of drug-likeness (QED) is 0.563. The third kappa shape index (κ3) is 1.99. The molecule has 2 N–H and O–H groups in total. The maximum absolute atomic E-state index is 3.38. The van der Waals surface area contributed by atoms with Gasteiger partial charge < -0.3 is 10.6 Å². The van der Waals surface area contributed by atoms with Crippen LogP contribution in [0.25, 0.3) is 0 Å². The standard InChI is InChI=1S/C6H11N.C4H9N/c1-2-6-4-7-3-5(1)6;1-2-4-5-3-1/h5-7H,1-4H2;5H,1-4H2. The second kappa shape index (κ2) is 4.24. The summed E-state index contributed by atoms with van der Waals surface area (Å²) in [5.74, 6) is 2.17. The smallest absolute Gasteiger partial charge is 0.00173 e. The van der Waals surface area contributed by atoms with E-state index in [9.17, 15) is 0 Å². The van der Waals surface area contributed by atoms with Gasteiger partial charge in [0.15, 0.2) is 0 Å². The summed E-state index contributed by atoms with van der Waals surface area (Å²) in [6, 6.07) is 0. The molecule has 2 aliphatic heterocycles. The van der Waals surface area contributed by atoms with E-state index in [0.29, 0.717) is 0 Å². The molecule has 1 aliphatic carbocycles. The van der Waals surface area contributed by atoms with Gasteiger partial charge in [-0.25, -0.2) is 0 Å². The SMILES string of the molecule is C1CC2CNCC12.C1CCNC1. The minimum Gasteiger partial charge on any atom is -0.317 e. The summed E-state index contributed by atoms with van der Waals surface area (Å²) in [5, 5.41) is 6.61. The van der Waals surface area contributed by atoms with Crippen molar-refractivity contribution in [3.63, 3.8) is 0 Å². The summed E-state index contributed by atoms with van der Waals surface area (Å²) in [5.41, 5.74) is 0. The van der Waals surface area contributed by atoms with Crippen LogP contribution in [-0.4, -0.2) is 26.2 Å². The monoisotopic (exact) mass is 168 g/mol. The van der Waals surface area contributed by atoms with E-state index in [1.54, 1.807) is 0 Å². The molecule has 0 bridgehead atoms. The van der Waals surface area contributed by atoms with Crippen molar-refractivity contribution in [2.75, 3.05) is 26.2 Å². The van der Waals surface area contributed by atoms with Gasteiger partial charge in [-0.15, -0.1) is 0 Å². The molecule has 2 heteroatoms. The Morgan fingerprint density at radius 3 is 1.58 bits per heavy atom. The van der Waals surface area contributed by atoms with Crippen molar-refractivity contribution in [2.45, 2.75) is 25.7 Å². The Morgan fingerprint density at radius 1 is 0.750 bits per heavy atom. The van der Waals surface area contributed by atoms with E-state index in [2.05, 4.69) is 10.6 Å². The first-order valence-corrected chi connectivity index (χ1v) is 5.38. The van der Waals surface area contributed by atoms with Crippen LogP contribution in [0, 0.1) is 11.8 Å². The number of rotatable bonds is 0. The van der Waals surface area contributed by atoms with Crippen LogP contribution in [0.2, 0.25) is 0 Å². The van der Waals surface area contributed by atoms with E-state index < -0.39 is 0 Å². The van der Waals surface area contributed by atoms with Crippen molar-refractivity contribution in [1.29, 1.82) is 0 Å². The first-order chi connectivity index (χ1) is 5.97. The zero-order valence-corrected chi connectivity index (χ0v) is 7.81. The normalized spacial score (nSPS) is 38.0. The minimum atomic E-state index is 1.08. The lowest BCUT2D eigenvalue weighted by atomic mass is 9.77. The molecule has 70 valence electrons. The van der Waals surface area contributed by atoms with Crippen LogP contribution in [0.3, 0.4) is 0 Å². The van der Waals surface area contributed by atoms with Gasteiger partial charge in [-0.1, -0.05) is 0 Å². The molecule has 1 saturated carbocycles. The largest absolute Gasteiger partial charge is 0.317 e. The molecule has 0 aromatic carbocycles. The van der Waals surface area contributed by atoms with E-state index in [-0.39, 0.29) is 0 Å². The summed E-state index contributed by atoms with van der Waals surface area (Å²) in [6.07, 6.45) is 5.77. The maximum Gasteiger partial charge on any atom is -0.00173 e. The zero-order valence-electron chi connectivity index (χ0n) is 7.81. The minimum absolute atomic E-state index is 1.08. The highest BCUT2D eigenvalue weighted by atomic mass is 14.9. The van der Waals surface area contributed by atoms with E-state index in [1.807, 2.05) is 0 Å². The fourth-order valence-corrected chi connectivity index (χ4v) is 2.25. The summed E-state index contributed by atoms with van der Waals surface area (Å²) in [4.78, 5) is 0. The lowest BCUT2D eigenvalue weighted by Gasteiger charge is -2.28. The molecule has 2 nitrogen and oxygen atoms in total. The van der Waals surface area contributed by atoms with E-state index in [4.69, 9.17) is 0 Å². The topological polar surface area (TPSA) is 24.1 Å². The van der Waals surface area contributed by atoms with E-state index in [1.165, 1.54) is 51.9 Å². The third-order valence-electron chi connectivity index (χ3n) is 3.35. The van der Waals surface area contributed by atoms with Gasteiger partial charge in [0.2, 0.25) is 0 Å². The molecule has 3 fully saturated rings. The predicted molar refractivity (Wildman–Crippen MR) is 51.2 cm³/mol. The molecule has 0 radical (unpaired) electrons. The molecule has 2 saturated heterocycles. The van der Waals surface area contributed by atoms with Crippen LogP contribution in [0.5, 0.6) is 0 Å². The molecule has 0 aromatic rings. The van der Waals surface area contributed by atoms with Gasteiger partial charge >= 0.3 is 0 Å². The highest BCUT2D eigenvalue weighted by molar-refractivity contribution is 4.88. The van der Waals surface area contributed by atoms with Crippen molar-refractivity contribution in [3.05, 3.63) is 0 Å². The van der Waals surface area contributed by atoms with Crippen LogP contribution in [-0.2, 0) is 0 Å². The molecule has 12 heavy (non-hydrogen) atoms. The molecular weight excluding hydrogens is 148 g/mol. The van der Waals surface area contributed by atoms with Gasteiger partial charge in [0.05, 0.1) is 0 Å². The number of hydrogen-bond donors (Lipinski definition) is 2. The first kappa shape index (κ1) is 8.52. The first-order valence-electron chi connectivity index (χ1n) is 5.38. The molecule has 0 amide bonds. The molecule has 2 heterocycles. The Kier molecular flexibility index (Phi) is 3.01. The highest BCUT2D eigenvalue weighted by Gasteiger charge is 2.34. The van der Waals surface area contributed by atoms with Crippen molar-refractivity contribution in [3.8, 4) is 0 Å². The highest BCUT2D eigenvalue weighted by Crippen LogP contribution is 2.36. The van der Waals surface area contributed by atoms with Gasteiger partial charge in [0.1, 0.15) is 0 Å². The average Bonchev–Trinajstić information content (AvgIpc) is 2.64. The summed E-state index contributed by atoms with van der Waals surface area (Å²) >= 11 is 0. The van der Waals surface area contributed by atoms with Crippen LogP contribution in [0.1, 0.15) is 25.7 Å². The predicted octanol–water partition coefficient (Wildman–Crippen LogP) is 0.986. The van der Waals surface area contributed by atoms with E-state index >= 15 is 0 Å². The van der Waals surface area contributed by atoms with Crippen LogP contribution in [0.4, 0.5) is 0 Å². The second-order valence-corrected chi connectivity index (χ2v) is 4.21. The van der Waals surface area contributed by atoms with Crippen molar-refractivity contribution in [1.82, 2.24) is 10.6 Å². The van der Waals surface area contributed by atoms with Crippen molar-refractivity contribution in [2.24, 2.45) is 11.8 Å². The second-order valence-electron chi connectivity index (χ2n) is 4.21. The molecule has 0 spiro atoms. The van der Waals surface area contributed by atoms with Crippen molar-refractivity contribution >= 4 is 0 Å². The lowest BCUT2D eigenvalue weighted by Crippen LogP contribution is -2.22. The van der Waals surface area contributed by atoms with Crippen molar-refractivity contribution < 1.29 is 0 Å². The average molecular weight is 168 g/mol. The summed E-state index contributed by atoms with van der Waals surface area (Å²) < 4.78 is 0. The van der Waals surface area contributed by atoms with Gasteiger partial charge in [-0.2, -0.15) is 0 Å². The fraction of sp³-hybridized carbons (Fsp3) is 1.00. The van der Waals surface area contributed by atoms with Gasteiger partial charge in [0.25, 0.3) is 0 Å². The number of fused-ring (bicyclic) bond motifs is 1. The zero-order chi connectivity index (χ0) is 8.23. The molecule has 2 atom stereocenters.